The highest BCUT2D eigenvalue weighted by Gasteiger charge is 2.53. The molecule has 0 spiro atoms. The summed E-state index contributed by atoms with van der Waals surface area (Å²) in [6.45, 7) is -2.40. The predicted octanol–water partition coefficient (Wildman–Crippen LogP) is 6.57. The van der Waals surface area contributed by atoms with E-state index in [0.29, 0.717) is 11.7 Å². The van der Waals surface area contributed by atoms with Crippen molar-refractivity contribution in [3.63, 3.8) is 0 Å². The third kappa shape index (κ3) is 3.63. The van der Waals surface area contributed by atoms with Crippen LogP contribution in [0.2, 0.25) is 0 Å². The maximum Gasteiger partial charge on any atom is 0.332 e. The largest absolute Gasteiger partial charge is 0.478 e. The summed E-state index contributed by atoms with van der Waals surface area (Å²) in [5.41, 5.74) is 3.50. The van der Waals surface area contributed by atoms with Crippen LogP contribution in [0.4, 0.5) is 0 Å². The van der Waals surface area contributed by atoms with Crippen molar-refractivity contribution in [2.45, 2.75) is 24.4 Å². The quantitative estimate of drug-likeness (QED) is 0.328. The third-order valence-electron chi connectivity index (χ3n) is 7.31. The Hall–Kier alpha value is -3.35. The molecule has 4 aromatic carbocycles. The van der Waals surface area contributed by atoms with E-state index in [-0.39, 0.29) is 5.16 Å². The first-order valence-corrected chi connectivity index (χ1v) is 13.8. The molecule has 1 aliphatic heterocycles. The minimum absolute atomic E-state index is 0.376. The smallest absolute Gasteiger partial charge is 0.332 e. The van der Waals surface area contributed by atoms with Crippen molar-refractivity contribution in [2.24, 2.45) is 0 Å². The van der Waals surface area contributed by atoms with Crippen LogP contribution in [-0.2, 0) is 16.4 Å². The first kappa shape index (κ1) is 22.4. The van der Waals surface area contributed by atoms with E-state index >= 15 is 0 Å². The van der Waals surface area contributed by atoms with E-state index in [1.54, 1.807) is 0 Å². The summed E-state index contributed by atoms with van der Waals surface area (Å²) in [4.78, 5) is 13.2. The van der Waals surface area contributed by atoms with Crippen molar-refractivity contribution >= 4 is 23.5 Å². The second-order valence-electron chi connectivity index (χ2n) is 8.98. The van der Waals surface area contributed by atoms with Gasteiger partial charge in [0.1, 0.15) is 0 Å². The van der Waals surface area contributed by atoms with Crippen molar-refractivity contribution in [3.8, 4) is 0 Å². The Morgan fingerprint density at radius 3 is 1.68 bits per heavy atom. The van der Waals surface area contributed by atoms with Crippen LogP contribution < -0.4 is 5.30 Å². The summed E-state index contributed by atoms with van der Waals surface area (Å²) < 4.78 is 0. The molecule has 0 aromatic heterocycles. The maximum absolute atomic E-state index is 13.2. The summed E-state index contributed by atoms with van der Waals surface area (Å²) in [6, 6.07) is 41.9. The maximum atomic E-state index is 13.2. The lowest BCUT2D eigenvalue weighted by atomic mass is 9.87. The number of carbonyl (C=O) groups is 1. The van der Waals surface area contributed by atoms with Crippen LogP contribution in [0.25, 0.3) is 0 Å². The average Bonchev–Trinajstić information content (AvgIpc) is 3.31. The van der Waals surface area contributed by atoms with Crippen LogP contribution in [0.1, 0.15) is 29.5 Å². The van der Waals surface area contributed by atoms with E-state index < -0.39 is 12.9 Å². The van der Waals surface area contributed by atoms with E-state index in [4.69, 9.17) is 0 Å². The first-order valence-electron chi connectivity index (χ1n) is 11.9. The average molecular weight is 465 g/mol. The highest BCUT2D eigenvalue weighted by atomic mass is 31.2. The number of hydrogen-bond donors (Lipinski definition) is 1. The van der Waals surface area contributed by atoms with Gasteiger partial charge in [-0.15, -0.1) is 0 Å². The Kier molecular flexibility index (Phi) is 6.26. The Morgan fingerprint density at radius 2 is 1.18 bits per heavy atom. The summed E-state index contributed by atoms with van der Waals surface area (Å²) in [7, 11) is 0. The van der Waals surface area contributed by atoms with Gasteiger partial charge >= 0.3 is 5.97 Å². The Bertz CT molecular complexity index is 1270. The molecule has 1 unspecified atom stereocenters. The fraction of sp³-hybridized carbons (Fsp3) is 0.161. The Morgan fingerprint density at radius 1 is 0.706 bits per heavy atom. The molecule has 0 amide bonds. The van der Waals surface area contributed by atoms with Gasteiger partial charge in [0, 0.05) is 16.9 Å². The van der Waals surface area contributed by atoms with Gasteiger partial charge in [-0.2, -0.15) is 0 Å². The molecule has 4 aromatic rings. The van der Waals surface area contributed by atoms with E-state index in [2.05, 4.69) is 72.8 Å². The molecule has 5 rings (SSSR count). The van der Waals surface area contributed by atoms with Gasteiger partial charge in [0.2, 0.25) is 0 Å². The van der Waals surface area contributed by atoms with E-state index in [0.717, 1.165) is 24.6 Å². The summed E-state index contributed by atoms with van der Waals surface area (Å²) in [6.07, 6.45) is 3.29. The minimum Gasteiger partial charge on any atom is -0.478 e. The number of aliphatic carboxylic acids is 1. The van der Waals surface area contributed by atoms with Crippen molar-refractivity contribution in [3.05, 3.63) is 138 Å². The molecule has 34 heavy (non-hydrogen) atoms. The van der Waals surface area contributed by atoms with Gasteiger partial charge in [0.25, 0.3) is 0 Å². The molecule has 1 saturated heterocycles. The van der Waals surface area contributed by atoms with E-state index in [9.17, 15) is 9.90 Å². The molecule has 170 valence electrons. The van der Waals surface area contributed by atoms with Crippen molar-refractivity contribution in [1.82, 2.24) is 0 Å². The number of carboxylic acid groups (broad SMARTS) is 1. The van der Waals surface area contributed by atoms with Crippen molar-refractivity contribution in [1.29, 1.82) is 0 Å². The molecule has 0 bridgehead atoms. The summed E-state index contributed by atoms with van der Waals surface area (Å²) >= 11 is 0. The van der Waals surface area contributed by atoms with Gasteiger partial charge in [0.15, 0.2) is 0 Å². The van der Waals surface area contributed by atoms with Gasteiger partial charge in [0.05, 0.1) is 0 Å². The molecule has 0 radical (unpaired) electrons. The third-order valence-corrected chi connectivity index (χ3v) is 12.8. The molecule has 3 heteroatoms. The highest BCUT2D eigenvalue weighted by molar-refractivity contribution is 7.85. The standard InChI is InChI=1S/C31H29O2P/c32-30(33)29(24-25-14-5-1-6-15-25)34(28-20-11-4-12-21-28)23-13-22-31(34,26-16-7-2-8-17-26)27-18-9-3-10-19-27/h1-12,14-21H,13,22-24H2,(H,32,33). The molecule has 1 N–H and O–H groups in total. The van der Waals surface area contributed by atoms with Crippen molar-refractivity contribution < 1.29 is 9.90 Å². The zero-order valence-electron chi connectivity index (χ0n) is 19.2. The zero-order valence-corrected chi connectivity index (χ0v) is 20.1. The highest BCUT2D eigenvalue weighted by Crippen LogP contribution is 2.73. The number of rotatable bonds is 6. The van der Waals surface area contributed by atoms with E-state index in [1.807, 2.05) is 48.5 Å². The molecule has 0 saturated carbocycles. The Labute approximate surface area is 201 Å². The van der Waals surface area contributed by atoms with Gasteiger partial charge < -0.3 is 5.11 Å². The van der Waals surface area contributed by atoms with Crippen LogP contribution in [-0.4, -0.2) is 22.5 Å². The molecule has 1 heterocycles. The molecular formula is C31H29O2P. The second kappa shape index (κ2) is 9.49. The monoisotopic (exact) mass is 464 g/mol. The Balaban J connectivity index is 1.95. The topological polar surface area (TPSA) is 37.3 Å². The van der Waals surface area contributed by atoms with Crippen molar-refractivity contribution in [2.75, 3.05) is 6.16 Å². The first-order chi connectivity index (χ1) is 16.7. The lowest BCUT2D eigenvalue weighted by Crippen LogP contribution is -2.35. The van der Waals surface area contributed by atoms with Gasteiger partial charge in [-0.25, -0.2) is 4.79 Å². The number of hydrogen-bond acceptors (Lipinski definition) is 1. The lowest BCUT2D eigenvalue weighted by molar-refractivity contribution is -0.129. The molecule has 2 nitrogen and oxygen atoms in total. The molecule has 1 fully saturated rings. The SMILES string of the molecule is O=C(O)C(Cc1ccccc1)=P1(c2ccccc2)CCCC1(c1ccccc1)c1ccccc1. The van der Waals surface area contributed by atoms with Crippen LogP contribution >= 0.6 is 6.89 Å². The minimum atomic E-state index is -2.40. The van der Waals surface area contributed by atoms with Gasteiger partial charge in [-0.05, 0) is 41.0 Å². The fourth-order valence-electron chi connectivity index (χ4n) is 5.99. The lowest BCUT2D eigenvalue weighted by Gasteiger charge is -2.44. The second-order valence-corrected chi connectivity index (χ2v) is 12.9. The predicted molar refractivity (Wildman–Crippen MR) is 144 cm³/mol. The van der Waals surface area contributed by atoms with Crippen LogP contribution in [0, 0.1) is 0 Å². The summed E-state index contributed by atoms with van der Waals surface area (Å²) in [5, 5.41) is 12.3. The normalized spacial score (nSPS) is 18.9. The number of benzene rings is 4. The summed E-state index contributed by atoms with van der Waals surface area (Å²) in [5.74, 6) is -0.765. The van der Waals surface area contributed by atoms with Crippen LogP contribution in [0.15, 0.2) is 121 Å². The fourth-order valence-corrected chi connectivity index (χ4v) is 11.9. The van der Waals surface area contributed by atoms with Gasteiger partial charge in [-0.1, -0.05) is 128 Å². The number of carboxylic acids is 1. The zero-order chi connectivity index (χ0) is 23.4. The molecule has 0 aliphatic carbocycles. The van der Waals surface area contributed by atoms with E-state index in [1.165, 1.54) is 16.4 Å². The molecule has 1 aliphatic rings. The molecule has 1 atom stereocenters. The van der Waals surface area contributed by atoms with Crippen LogP contribution in [0.3, 0.4) is 0 Å². The van der Waals surface area contributed by atoms with Crippen LogP contribution in [0.5, 0.6) is 0 Å². The molecular weight excluding hydrogens is 435 g/mol. The van der Waals surface area contributed by atoms with Gasteiger partial charge in [-0.3, -0.25) is 0 Å².